The molecule has 0 fully saturated rings. The van der Waals surface area contributed by atoms with Gasteiger partial charge in [-0.25, -0.2) is 0 Å². The number of aliphatic carboxylic acids is 1. The predicted octanol–water partition coefficient (Wildman–Crippen LogP) is 5.66. The molecule has 0 aromatic heterocycles. The second kappa shape index (κ2) is 15.7. The first kappa shape index (κ1) is 18.7. The first-order chi connectivity index (χ1) is 9.77. The molecule has 0 aliphatic rings. The van der Waals surface area contributed by atoms with Crippen LogP contribution in [0.3, 0.4) is 0 Å². The number of carboxylic acids is 1. The number of unbranched alkanes of at least 4 members (excludes halogenated alkanes) is 6. The Hall–Kier alpha value is -1.31. The Balaban J connectivity index is 3.25. The highest BCUT2D eigenvalue weighted by atomic mass is 16.4. The van der Waals surface area contributed by atoms with Crippen molar-refractivity contribution in [3.05, 3.63) is 36.5 Å². The number of rotatable bonds is 13. The van der Waals surface area contributed by atoms with Gasteiger partial charge in [-0.05, 0) is 38.5 Å². The first-order valence-corrected chi connectivity index (χ1v) is 7.95. The van der Waals surface area contributed by atoms with Crippen molar-refractivity contribution in [2.45, 2.75) is 71.1 Å². The standard InChI is InChI=1S/C18H30O2/c1-2-3-4-5-6-7-8-9-10-11-12-13-14-15-16-17-18(19)20/h3-4,7-10H,2,5-6,11-17H2,1H3,(H,19,20). The number of hydrogen-bond donors (Lipinski definition) is 1. The van der Waals surface area contributed by atoms with Gasteiger partial charge in [0, 0.05) is 6.42 Å². The number of allylic oxidation sites excluding steroid dienone is 6. The van der Waals surface area contributed by atoms with Gasteiger partial charge in [0.05, 0.1) is 0 Å². The van der Waals surface area contributed by atoms with Crippen LogP contribution in [0.1, 0.15) is 71.1 Å². The Kier molecular flexibility index (Phi) is 14.7. The van der Waals surface area contributed by atoms with E-state index in [-0.39, 0.29) is 0 Å². The Bertz CT molecular complexity index is 301. The van der Waals surface area contributed by atoms with Crippen molar-refractivity contribution < 1.29 is 9.90 Å². The van der Waals surface area contributed by atoms with Gasteiger partial charge >= 0.3 is 5.97 Å². The monoisotopic (exact) mass is 278 g/mol. The molecule has 114 valence electrons. The molecule has 0 saturated carbocycles. The van der Waals surface area contributed by atoms with E-state index in [0.29, 0.717) is 6.42 Å². The van der Waals surface area contributed by atoms with Crippen LogP contribution < -0.4 is 0 Å². The van der Waals surface area contributed by atoms with Gasteiger partial charge in [0.2, 0.25) is 0 Å². The quantitative estimate of drug-likeness (QED) is 0.268. The SMILES string of the molecule is CCC=CCCC=CC=CCCCCCCCC(=O)O. The maximum atomic E-state index is 10.3. The third-order valence-corrected chi connectivity index (χ3v) is 3.05. The Morgan fingerprint density at radius 3 is 2.10 bits per heavy atom. The fourth-order valence-corrected chi connectivity index (χ4v) is 1.90. The van der Waals surface area contributed by atoms with Crippen LogP contribution in [0.5, 0.6) is 0 Å². The highest BCUT2D eigenvalue weighted by Gasteiger charge is 1.95. The summed E-state index contributed by atoms with van der Waals surface area (Å²) in [4.78, 5) is 10.3. The van der Waals surface area contributed by atoms with E-state index in [4.69, 9.17) is 5.11 Å². The molecule has 0 aliphatic carbocycles. The molecule has 20 heavy (non-hydrogen) atoms. The van der Waals surface area contributed by atoms with E-state index in [9.17, 15) is 4.79 Å². The molecule has 0 unspecified atom stereocenters. The van der Waals surface area contributed by atoms with Gasteiger partial charge < -0.3 is 5.11 Å². The normalized spacial score (nSPS) is 12.1. The average Bonchev–Trinajstić information content (AvgIpc) is 2.43. The Morgan fingerprint density at radius 1 is 0.800 bits per heavy atom. The molecule has 0 radical (unpaired) electrons. The van der Waals surface area contributed by atoms with Crippen molar-refractivity contribution in [2.24, 2.45) is 0 Å². The molecule has 0 heterocycles. The van der Waals surface area contributed by atoms with Gasteiger partial charge in [-0.1, -0.05) is 62.6 Å². The molecule has 2 heteroatoms. The second-order valence-corrected chi connectivity index (χ2v) is 5.01. The van der Waals surface area contributed by atoms with Crippen molar-refractivity contribution in [3.63, 3.8) is 0 Å². The minimum atomic E-state index is -0.676. The van der Waals surface area contributed by atoms with Crippen LogP contribution in [0.15, 0.2) is 36.5 Å². The minimum Gasteiger partial charge on any atom is -0.481 e. The van der Waals surface area contributed by atoms with E-state index < -0.39 is 5.97 Å². The molecule has 0 bridgehead atoms. The van der Waals surface area contributed by atoms with Gasteiger partial charge in [-0.3, -0.25) is 4.79 Å². The zero-order valence-corrected chi connectivity index (χ0v) is 12.9. The topological polar surface area (TPSA) is 37.3 Å². The minimum absolute atomic E-state index is 0.318. The van der Waals surface area contributed by atoms with E-state index in [0.717, 1.165) is 44.9 Å². The summed E-state index contributed by atoms with van der Waals surface area (Å²) in [6.45, 7) is 2.15. The van der Waals surface area contributed by atoms with Gasteiger partial charge in [-0.2, -0.15) is 0 Å². The van der Waals surface area contributed by atoms with Gasteiger partial charge in [0.25, 0.3) is 0 Å². The maximum absolute atomic E-state index is 10.3. The number of hydrogen-bond acceptors (Lipinski definition) is 1. The zero-order chi connectivity index (χ0) is 14.9. The number of carbonyl (C=O) groups is 1. The molecule has 0 amide bonds. The van der Waals surface area contributed by atoms with Crippen LogP contribution in [0.2, 0.25) is 0 Å². The highest BCUT2D eigenvalue weighted by molar-refractivity contribution is 5.66. The van der Waals surface area contributed by atoms with E-state index >= 15 is 0 Å². The van der Waals surface area contributed by atoms with Crippen LogP contribution in [0, 0.1) is 0 Å². The summed E-state index contributed by atoms with van der Waals surface area (Å²) in [6.07, 6.45) is 23.4. The molecule has 0 saturated heterocycles. The summed E-state index contributed by atoms with van der Waals surface area (Å²) >= 11 is 0. The summed E-state index contributed by atoms with van der Waals surface area (Å²) in [5.41, 5.74) is 0. The lowest BCUT2D eigenvalue weighted by Gasteiger charge is -1.97. The summed E-state index contributed by atoms with van der Waals surface area (Å²) < 4.78 is 0. The van der Waals surface area contributed by atoms with Crippen molar-refractivity contribution in [3.8, 4) is 0 Å². The molecular formula is C18H30O2. The molecular weight excluding hydrogens is 248 g/mol. The lowest BCUT2D eigenvalue weighted by atomic mass is 10.1. The number of carboxylic acid groups (broad SMARTS) is 1. The van der Waals surface area contributed by atoms with Crippen LogP contribution >= 0.6 is 0 Å². The third-order valence-electron chi connectivity index (χ3n) is 3.05. The fourth-order valence-electron chi connectivity index (χ4n) is 1.90. The first-order valence-electron chi connectivity index (χ1n) is 7.95. The highest BCUT2D eigenvalue weighted by Crippen LogP contribution is 2.07. The summed E-state index contributed by atoms with van der Waals surface area (Å²) in [6, 6.07) is 0. The third kappa shape index (κ3) is 16.7. The van der Waals surface area contributed by atoms with E-state index in [1.54, 1.807) is 0 Å². The van der Waals surface area contributed by atoms with Crippen LogP contribution in [0.25, 0.3) is 0 Å². The average molecular weight is 278 g/mol. The Morgan fingerprint density at radius 2 is 1.40 bits per heavy atom. The fraction of sp³-hybridized carbons (Fsp3) is 0.611. The summed E-state index contributed by atoms with van der Waals surface area (Å²) in [7, 11) is 0. The molecule has 0 atom stereocenters. The predicted molar refractivity (Wildman–Crippen MR) is 86.9 cm³/mol. The molecule has 0 aliphatic heterocycles. The molecule has 0 aromatic rings. The van der Waals surface area contributed by atoms with E-state index in [1.807, 2.05) is 0 Å². The van der Waals surface area contributed by atoms with Crippen LogP contribution in [0.4, 0.5) is 0 Å². The second-order valence-electron chi connectivity index (χ2n) is 5.01. The Labute approximate surface area is 124 Å². The van der Waals surface area contributed by atoms with Crippen molar-refractivity contribution >= 4 is 5.97 Å². The molecule has 0 aromatic carbocycles. The smallest absolute Gasteiger partial charge is 0.303 e. The van der Waals surface area contributed by atoms with Crippen LogP contribution in [-0.2, 0) is 4.79 Å². The molecule has 0 spiro atoms. The molecule has 0 rings (SSSR count). The molecule has 1 N–H and O–H groups in total. The zero-order valence-electron chi connectivity index (χ0n) is 12.9. The van der Waals surface area contributed by atoms with Gasteiger partial charge in [-0.15, -0.1) is 0 Å². The van der Waals surface area contributed by atoms with Crippen molar-refractivity contribution in [2.75, 3.05) is 0 Å². The van der Waals surface area contributed by atoms with E-state index in [1.165, 1.54) is 12.8 Å². The van der Waals surface area contributed by atoms with Crippen molar-refractivity contribution in [1.29, 1.82) is 0 Å². The summed E-state index contributed by atoms with van der Waals surface area (Å²) in [5, 5.41) is 8.50. The maximum Gasteiger partial charge on any atom is 0.303 e. The summed E-state index contributed by atoms with van der Waals surface area (Å²) in [5.74, 6) is -0.676. The van der Waals surface area contributed by atoms with Gasteiger partial charge in [0.15, 0.2) is 0 Å². The van der Waals surface area contributed by atoms with Crippen molar-refractivity contribution in [1.82, 2.24) is 0 Å². The largest absolute Gasteiger partial charge is 0.481 e. The van der Waals surface area contributed by atoms with Gasteiger partial charge in [0.1, 0.15) is 0 Å². The lowest BCUT2D eigenvalue weighted by molar-refractivity contribution is -0.137. The lowest BCUT2D eigenvalue weighted by Crippen LogP contribution is -1.93. The van der Waals surface area contributed by atoms with E-state index in [2.05, 4.69) is 43.4 Å². The van der Waals surface area contributed by atoms with Crippen LogP contribution in [-0.4, -0.2) is 11.1 Å². The molecule has 2 nitrogen and oxygen atoms in total.